The number of esters is 1. The minimum atomic E-state index is -0.530. The highest BCUT2D eigenvalue weighted by Gasteiger charge is 2.06. The summed E-state index contributed by atoms with van der Waals surface area (Å²) in [6.45, 7) is 0. The predicted octanol–water partition coefficient (Wildman–Crippen LogP) is 3.98. The second-order valence-electron chi connectivity index (χ2n) is 4.29. The summed E-state index contributed by atoms with van der Waals surface area (Å²) in [5.41, 5.74) is 0.706. The van der Waals surface area contributed by atoms with E-state index in [1.54, 1.807) is 62.8 Å². The lowest BCUT2D eigenvalue weighted by Gasteiger charge is -2.07. The molecule has 114 valence electrons. The highest BCUT2D eigenvalue weighted by atomic mass is 35.5. The third kappa shape index (κ3) is 4.02. The molecule has 4 nitrogen and oxygen atoms in total. The number of benzene rings is 2. The maximum Gasteiger partial charge on any atom is 0.336 e. The molecule has 0 bridgehead atoms. The Morgan fingerprint density at radius 2 is 1.82 bits per heavy atom. The molecule has 0 aromatic heterocycles. The monoisotopic (exact) mass is 318 g/mol. The lowest BCUT2D eigenvalue weighted by atomic mass is 10.1. The number of hydrogen-bond acceptors (Lipinski definition) is 4. The zero-order chi connectivity index (χ0) is 15.9. The Bertz CT molecular complexity index is 695. The number of halogens is 1. The van der Waals surface area contributed by atoms with Gasteiger partial charge in [-0.3, -0.25) is 0 Å². The van der Waals surface area contributed by atoms with Crippen molar-refractivity contribution in [2.24, 2.45) is 0 Å². The van der Waals surface area contributed by atoms with Crippen molar-refractivity contribution in [2.75, 3.05) is 14.2 Å². The van der Waals surface area contributed by atoms with E-state index in [-0.39, 0.29) is 0 Å². The molecule has 0 saturated carbocycles. The summed E-state index contributed by atoms with van der Waals surface area (Å²) < 4.78 is 15.6. The summed E-state index contributed by atoms with van der Waals surface area (Å²) in [6, 6.07) is 12.1. The largest absolute Gasteiger partial charge is 0.497 e. The van der Waals surface area contributed by atoms with Crippen LogP contribution < -0.4 is 14.2 Å². The van der Waals surface area contributed by atoms with E-state index < -0.39 is 5.97 Å². The number of rotatable bonds is 5. The SMILES string of the molecule is COc1ccc(OC)c(/C=C/C(=O)Oc2ccccc2Cl)c1. The van der Waals surface area contributed by atoms with Crippen LogP contribution in [0.4, 0.5) is 0 Å². The summed E-state index contributed by atoms with van der Waals surface area (Å²) in [6.07, 6.45) is 2.90. The van der Waals surface area contributed by atoms with Gasteiger partial charge in [-0.05, 0) is 36.4 Å². The summed E-state index contributed by atoms with van der Waals surface area (Å²) in [4.78, 5) is 11.9. The van der Waals surface area contributed by atoms with E-state index in [0.29, 0.717) is 27.8 Å². The average Bonchev–Trinajstić information content (AvgIpc) is 2.54. The molecule has 0 aliphatic carbocycles. The molecule has 5 heteroatoms. The first-order valence-corrected chi connectivity index (χ1v) is 6.88. The van der Waals surface area contributed by atoms with Gasteiger partial charge in [-0.25, -0.2) is 4.79 Å². The fourth-order valence-electron chi connectivity index (χ4n) is 1.80. The van der Waals surface area contributed by atoms with Crippen LogP contribution in [0, 0.1) is 0 Å². The van der Waals surface area contributed by atoms with Gasteiger partial charge in [-0.15, -0.1) is 0 Å². The van der Waals surface area contributed by atoms with Gasteiger partial charge in [0.05, 0.1) is 19.2 Å². The molecule has 0 unspecified atom stereocenters. The van der Waals surface area contributed by atoms with Gasteiger partial charge in [0, 0.05) is 11.6 Å². The van der Waals surface area contributed by atoms with Crippen LogP contribution in [0.25, 0.3) is 6.08 Å². The van der Waals surface area contributed by atoms with E-state index in [2.05, 4.69) is 0 Å². The fraction of sp³-hybridized carbons (Fsp3) is 0.118. The van der Waals surface area contributed by atoms with Gasteiger partial charge >= 0.3 is 5.97 Å². The van der Waals surface area contributed by atoms with Crippen molar-refractivity contribution in [3.63, 3.8) is 0 Å². The Labute approximate surface area is 133 Å². The standard InChI is InChI=1S/C17H15ClO4/c1-20-13-8-9-15(21-2)12(11-13)7-10-17(19)22-16-6-4-3-5-14(16)18/h3-11H,1-2H3/b10-7+. The van der Waals surface area contributed by atoms with E-state index in [4.69, 9.17) is 25.8 Å². The molecule has 0 N–H and O–H groups in total. The Morgan fingerprint density at radius 3 is 2.50 bits per heavy atom. The molecular weight excluding hydrogens is 304 g/mol. The first kappa shape index (κ1) is 15.9. The number of carbonyl (C=O) groups excluding carboxylic acids is 1. The first-order valence-electron chi connectivity index (χ1n) is 6.50. The van der Waals surface area contributed by atoms with Crippen molar-refractivity contribution in [1.82, 2.24) is 0 Å². The quantitative estimate of drug-likeness (QED) is 0.475. The summed E-state index contributed by atoms with van der Waals surface area (Å²) in [5.74, 6) is 1.08. The van der Waals surface area contributed by atoms with Crippen LogP contribution in [-0.2, 0) is 4.79 Å². The molecule has 0 spiro atoms. The fourth-order valence-corrected chi connectivity index (χ4v) is 1.97. The number of para-hydroxylation sites is 1. The van der Waals surface area contributed by atoms with Crippen LogP contribution in [-0.4, -0.2) is 20.2 Å². The van der Waals surface area contributed by atoms with Gasteiger partial charge in [0.25, 0.3) is 0 Å². The smallest absolute Gasteiger partial charge is 0.336 e. The number of ether oxygens (including phenoxy) is 3. The van der Waals surface area contributed by atoms with Crippen molar-refractivity contribution in [1.29, 1.82) is 0 Å². The van der Waals surface area contributed by atoms with Crippen LogP contribution in [0.2, 0.25) is 5.02 Å². The van der Waals surface area contributed by atoms with Gasteiger partial charge in [0.1, 0.15) is 17.2 Å². The lowest BCUT2D eigenvalue weighted by Crippen LogP contribution is -2.04. The number of carbonyl (C=O) groups is 1. The highest BCUT2D eigenvalue weighted by Crippen LogP contribution is 2.26. The van der Waals surface area contributed by atoms with Crippen LogP contribution in [0.1, 0.15) is 5.56 Å². The number of hydrogen-bond donors (Lipinski definition) is 0. The second-order valence-corrected chi connectivity index (χ2v) is 4.70. The Balaban J connectivity index is 2.14. The molecule has 0 radical (unpaired) electrons. The molecule has 0 fully saturated rings. The third-order valence-corrected chi connectivity index (χ3v) is 3.20. The Morgan fingerprint density at radius 1 is 1.05 bits per heavy atom. The van der Waals surface area contributed by atoms with Crippen LogP contribution in [0.15, 0.2) is 48.5 Å². The van der Waals surface area contributed by atoms with Crippen molar-refractivity contribution in [3.05, 3.63) is 59.1 Å². The molecule has 0 amide bonds. The summed E-state index contributed by atoms with van der Waals surface area (Å²) in [5, 5.41) is 0.378. The summed E-state index contributed by atoms with van der Waals surface area (Å²) >= 11 is 5.93. The topological polar surface area (TPSA) is 44.8 Å². The molecule has 0 aliphatic rings. The van der Waals surface area contributed by atoms with Gasteiger partial charge < -0.3 is 14.2 Å². The second kappa shape index (κ2) is 7.52. The molecule has 22 heavy (non-hydrogen) atoms. The normalized spacial score (nSPS) is 10.5. The Hall–Kier alpha value is -2.46. The van der Waals surface area contributed by atoms with Crippen LogP contribution >= 0.6 is 11.6 Å². The molecule has 0 aliphatic heterocycles. The maximum atomic E-state index is 11.9. The summed E-state index contributed by atoms with van der Waals surface area (Å²) in [7, 11) is 3.13. The minimum Gasteiger partial charge on any atom is -0.497 e. The van der Waals surface area contributed by atoms with E-state index >= 15 is 0 Å². The Kier molecular flexibility index (Phi) is 5.44. The zero-order valence-electron chi connectivity index (χ0n) is 12.2. The zero-order valence-corrected chi connectivity index (χ0v) is 13.0. The minimum absolute atomic E-state index is 0.316. The number of methoxy groups -OCH3 is 2. The van der Waals surface area contributed by atoms with Crippen LogP contribution in [0.5, 0.6) is 17.2 Å². The molecule has 2 aromatic rings. The third-order valence-electron chi connectivity index (χ3n) is 2.88. The van der Waals surface area contributed by atoms with Crippen molar-refractivity contribution in [3.8, 4) is 17.2 Å². The highest BCUT2D eigenvalue weighted by molar-refractivity contribution is 6.32. The van der Waals surface area contributed by atoms with Crippen molar-refractivity contribution < 1.29 is 19.0 Å². The van der Waals surface area contributed by atoms with Gasteiger partial charge in [-0.1, -0.05) is 23.7 Å². The van der Waals surface area contributed by atoms with E-state index in [0.717, 1.165) is 0 Å². The lowest BCUT2D eigenvalue weighted by molar-refractivity contribution is -0.128. The molecule has 0 atom stereocenters. The van der Waals surface area contributed by atoms with E-state index in [1.165, 1.54) is 6.08 Å². The van der Waals surface area contributed by atoms with Crippen LogP contribution in [0.3, 0.4) is 0 Å². The van der Waals surface area contributed by atoms with E-state index in [9.17, 15) is 4.79 Å². The van der Waals surface area contributed by atoms with Gasteiger partial charge in [0.2, 0.25) is 0 Å². The van der Waals surface area contributed by atoms with Gasteiger partial charge in [-0.2, -0.15) is 0 Å². The molecule has 2 rings (SSSR count). The van der Waals surface area contributed by atoms with Crippen molar-refractivity contribution >= 4 is 23.6 Å². The first-order chi connectivity index (χ1) is 10.6. The van der Waals surface area contributed by atoms with Gasteiger partial charge in [0.15, 0.2) is 0 Å². The molecule has 2 aromatic carbocycles. The maximum absolute atomic E-state index is 11.9. The average molecular weight is 319 g/mol. The van der Waals surface area contributed by atoms with Crippen molar-refractivity contribution in [2.45, 2.75) is 0 Å². The predicted molar refractivity (Wildman–Crippen MR) is 85.7 cm³/mol. The molecular formula is C17H15ClO4. The van der Waals surface area contributed by atoms with E-state index in [1.807, 2.05) is 0 Å². The molecule has 0 saturated heterocycles. The molecule has 0 heterocycles.